The number of piperidine rings is 1. The Morgan fingerprint density at radius 1 is 1.37 bits per heavy atom. The van der Waals surface area contributed by atoms with Gasteiger partial charge in [-0.25, -0.2) is 4.98 Å². The van der Waals surface area contributed by atoms with Crippen molar-refractivity contribution in [2.75, 3.05) is 27.2 Å². The molecule has 0 saturated carbocycles. The van der Waals surface area contributed by atoms with Crippen molar-refractivity contribution in [1.82, 2.24) is 19.8 Å². The predicted molar refractivity (Wildman–Crippen MR) is 102 cm³/mol. The standard InChI is InChI=1S/C19H30N4O4/c1-5-16-20-12(2)14(19(27)21-16)10-17(24)23-9-8-15(22(3)4)13(11-23)6-7-18(25)26/h13,15H,5-11H2,1-4H3,(H,25,26)(H,20,21,27)/t13-,15+/m1/s1. The maximum atomic E-state index is 12.8. The molecule has 0 aromatic carbocycles. The minimum absolute atomic E-state index is 0.0242. The lowest BCUT2D eigenvalue weighted by molar-refractivity contribution is -0.137. The fourth-order valence-electron chi connectivity index (χ4n) is 3.83. The molecule has 2 atom stereocenters. The second-order valence-electron chi connectivity index (χ2n) is 7.46. The third-order valence-corrected chi connectivity index (χ3v) is 5.37. The second-order valence-corrected chi connectivity index (χ2v) is 7.46. The van der Waals surface area contributed by atoms with Crippen LogP contribution < -0.4 is 5.56 Å². The number of aryl methyl sites for hydroxylation is 2. The van der Waals surface area contributed by atoms with E-state index in [1.165, 1.54) is 0 Å². The molecule has 1 fully saturated rings. The topological polar surface area (TPSA) is 107 Å². The molecule has 1 aromatic heterocycles. The number of H-pyrrole nitrogens is 1. The third-order valence-electron chi connectivity index (χ3n) is 5.37. The number of carboxylic acid groups (broad SMARTS) is 1. The van der Waals surface area contributed by atoms with E-state index in [0.29, 0.717) is 43.0 Å². The SMILES string of the molecule is CCc1nc(C)c(CC(=O)N2CC[C@H](N(C)C)[C@H](CCC(=O)O)C2)c(=O)[nH]1. The van der Waals surface area contributed by atoms with Gasteiger partial charge in [-0.05, 0) is 39.8 Å². The van der Waals surface area contributed by atoms with E-state index in [4.69, 9.17) is 5.11 Å². The zero-order valence-corrected chi connectivity index (χ0v) is 16.6. The highest BCUT2D eigenvalue weighted by Gasteiger charge is 2.33. The van der Waals surface area contributed by atoms with Crippen molar-refractivity contribution in [3.05, 3.63) is 27.4 Å². The van der Waals surface area contributed by atoms with Crippen LogP contribution in [0.3, 0.4) is 0 Å². The van der Waals surface area contributed by atoms with Gasteiger partial charge >= 0.3 is 5.97 Å². The Hall–Kier alpha value is -2.22. The van der Waals surface area contributed by atoms with Gasteiger partial charge in [-0.1, -0.05) is 6.92 Å². The van der Waals surface area contributed by atoms with Crippen LogP contribution in [0.25, 0.3) is 0 Å². The van der Waals surface area contributed by atoms with Gasteiger partial charge in [0.15, 0.2) is 0 Å². The number of hydrogen-bond donors (Lipinski definition) is 2. The number of carbonyl (C=O) groups is 2. The van der Waals surface area contributed by atoms with Gasteiger partial charge in [0, 0.05) is 43.2 Å². The van der Waals surface area contributed by atoms with Crippen molar-refractivity contribution < 1.29 is 14.7 Å². The summed E-state index contributed by atoms with van der Waals surface area (Å²) in [5.41, 5.74) is 0.752. The number of nitrogens with zero attached hydrogens (tertiary/aromatic N) is 3. The van der Waals surface area contributed by atoms with Crippen LogP contribution in [0.2, 0.25) is 0 Å². The van der Waals surface area contributed by atoms with E-state index in [0.717, 1.165) is 6.42 Å². The predicted octanol–water partition coefficient (Wildman–Crippen LogP) is 0.827. The molecule has 1 amide bonds. The molecule has 27 heavy (non-hydrogen) atoms. The molecule has 2 rings (SSSR count). The van der Waals surface area contributed by atoms with Crippen molar-refractivity contribution in [1.29, 1.82) is 0 Å². The summed E-state index contributed by atoms with van der Waals surface area (Å²) in [5.74, 6) is -0.199. The van der Waals surface area contributed by atoms with Crippen LogP contribution in [0.5, 0.6) is 0 Å². The summed E-state index contributed by atoms with van der Waals surface area (Å²) < 4.78 is 0. The number of aliphatic carboxylic acids is 1. The van der Waals surface area contributed by atoms with E-state index in [2.05, 4.69) is 14.9 Å². The second kappa shape index (κ2) is 9.12. The molecular weight excluding hydrogens is 348 g/mol. The highest BCUT2D eigenvalue weighted by Crippen LogP contribution is 2.25. The highest BCUT2D eigenvalue weighted by atomic mass is 16.4. The number of aromatic amines is 1. The van der Waals surface area contributed by atoms with Gasteiger partial charge in [-0.15, -0.1) is 0 Å². The van der Waals surface area contributed by atoms with E-state index in [1.807, 2.05) is 21.0 Å². The smallest absolute Gasteiger partial charge is 0.303 e. The molecular formula is C19H30N4O4. The maximum Gasteiger partial charge on any atom is 0.303 e. The van der Waals surface area contributed by atoms with Gasteiger partial charge in [-0.2, -0.15) is 0 Å². The van der Waals surface area contributed by atoms with Crippen molar-refractivity contribution in [3.8, 4) is 0 Å². The largest absolute Gasteiger partial charge is 0.481 e. The fourth-order valence-corrected chi connectivity index (χ4v) is 3.83. The van der Waals surface area contributed by atoms with Crippen LogP contribution in [-0.2, 0) is 22.4 Å². The summed E-state index contributed by atoms with van der Waals surface area (Å²) in [6.45, 7) is 4.80. The average Bonchev–Trinajstić information content (AvgIpc) is 2.62. The molecule has 0 bridgehead atoms. The van der Waals surface area contributed by atoms with Gasteiger partial charge in [0.1, 0.15) is 5.82 Å². The number of rotatable bonds is 7. The van der Waals surface area contributed by atoms with E-state index in [9.17, 15) is 14.4 Å². The Balaban J connectivity index is 2.10. The zero-order valence-electron chi connectivity index (χ0n) is 16.6. The molecule has 2 N–H and O–H groups in total. The number of amides is 1. The lowest BCUT2D eigenvalue weighted by atomic mass is 9.87. The molecule has 1 saturated heterocycles. The summed E-state index contributed by atoms with van der Waals surface area (Å²) >= 11 is 0. The molecule has 1 aliphatic rings. The first kappa shape index (κ1) is 21.1. The first-order chi connectivity index (χ1) is 12.7. The number of nitrogens with one attached hydrogen (secondary N) is 1. The molecule has 0 aliphatic carbocycles. The van der Waals surface area contributed by atoms with Crippen LogP contribution in [0.4, 0.5) is 0 Å². The van der Waals surface area contributed by atoms with Crippen molar-refractivity contribution >= 4 is 11.9 Å². The average molecular weight is 378 g/mol. The summed E-state index contributed by atoms with van der Waals surface area (Å²) in [6.07, 6.45) is 2.09. The molecule has 1 aliphatic heterocycles. The molecule has 0 radical (unpaired) electrons. The van der Waals surface area contributed by atoms with E-state index in [-0.39, 0.29) is 36.3 Å². The first-order valence-corrected chi connectivity index (χ1v) is 9.47. The molecule has 0 spiro atoms. The quantitative estimate of drug-likeness (QED) is 0.728. The lowest BCUT2D eigenvalue weighted by Gasteiger charge is -2.41. The van der Waals surface area contributed by atoms with E-state index < -0.39 is 5.97 Å². The lowest BCUT2D eigenvalue weighted by Crippen LogP contribution is -2.51. The summed E-state index contributed by atoms with van der Waals surface area (Å²) in [6, 6.07) is 0.254. The Labute approximate surface area is 159 Å². The number of hydrogen-bond acceptors (Lipinski definition) is 5. The van der Waals surface area contributed by atoms with E-state index >= 15 is 0 Å². The fraction of sp³-hybridized carbons (Fsp3) is 0.684. The van der Waals surface area contributed by atoms with Crippen LogP contribution in [0, 0.1) is 12.8 Å². The first-order valence-electron chi connectivity index (χ1n) is 9.47. The van der Waals surface area contributed by atoms with Crippen LogP contribution in [0.1, 0.15) is 43.3 Å². The van der Waals surface area contributed by atoms with Crippen LogP contribution in [0.15, 0.2) is 4.79 Å². The minimum atomic E-state index is -0.819. The minimum Gasteiger partial charge on any atom is -0.481 e. The molecule has 2 heterocycles. The van der Waals surface area contributed by atoms with Crippen LogP contribution >= 0.6 is 0 Å². The van der Waals surface area contributed by atoms with Crippen molar-refractivity contribution in [2.24, 2.45) is 5.92 Å². The number of carbonyl (C=O) groups excluding carboxylic acids is 1. The Bertz CT molecular complexity index is 744. The monoisotopic (exact) mass is 378 g/mol. The highest BCUT2D eigenvalue weighted by molar-refractivity contribution is 5.79. The van der Waals surface area contributed by atoms with Crippen molar-refractivity contribution in [2.45, 2.75) is 52.0 Å². The van der Waals surface area contributed by atoms with Crippen LogP contribution in [-0.4, -0.2) is 70.0 Å². The molecule has 8 heteroatoms. The third kappa shape index (κ3) is 5.38. The summed E-state index contributed by atoms with van der Waals surface area (Å²) in [5, 5.41) is 9.00. The Morgan fingerprint density at radius 2 is 2.07 bits per heavy atom. The van der Waals surface area contributed by atoms with E-state index in [1.54, 1.807) is 11.8 Å². The van der Waals surface area contributed by atoms with Gasteiger partial charge in [0.05, 0.1) is 6.42 Å². The number of likely N-dealkylation sites (tertiary alicyclic amines) is 1. The molecule has 0 unspecified atom stereocenters. The van der Waals surface area contributed by atoms with Gasteiger partial charge in [-0.3, -0.25) is 14.4 Å². The number of carboxylic acids is 1. The normalized spacial score (nSPS) is 20.1. The summed E-state index contributed by atoms with van der Waals surface area (Å²) in [4.78, 5) is 47.0. The van der Waals surface area contributed by atoms with Gasteiger partial charge in [0.25, 0.3) is 5.56 Å². The van der Waals surface area contributed by atoms with Gasteiger partial charge < -0.3 is 19.9 Å². The summed E-state index contributed by atoms with van der Waals surface area (Å²) in [7, 11) is 3.97. The molecule has 150 valence electrons. The Morgan fingerprint density at radius 3 is 2.63 bits per heavy atom. The van der Waals surface area contributed by atoms with Gasteiger partial charge in [0.2, 0.25) is 5.91 Å². The molecule has 1 aromatic rings. The zero-order chi connectivity index (χ0) is 20.1. The number of aromatic nitrogens is 2. The molecule has 8 nitrogen and oxygen atoms in total. The van der Waals surface area contributed by atoms with Crippen molar-refractivity contribution in [3.63, 3.8) is 0 Å². The maximum absolute atomic E-state index is 12.8. The Kier molecular flexibility index (Phi) is 7.12.